The number of nitrogens with zero attached hydrogens (tertiary/aromatic N) is 2. The molecule has 0 spiro atoms. The van der Waals surface area contributed by atoms with Gasteiger partial charge in [0.1, 0.15) is 0 Å². The van der Waals surface area contributed by atoms with E-state index in [0.29, 0.717) is 0 Å². The number of hydrogen-bond donors (Lipinski definition) is 1. The predicted molar refractivity (Wildman–Crippen MR) is 84.6 cm³/mol. The summed E-state index contributed by atoms with van der Waals surface area (Å²) in [6, 6.07) is 16.4. The fourth-order valence-corrected chi connectivity index (χ4v) is 1.84. The maximum atomic E-state index is 10.6. The largest absolute Gasteiger partial charge is 0.279 e. The first-order valence-electron chi connectivity index (χ1n) is 6.73. The summed E-state index contributed by atoms with van der Waals surface area (Å²) >= 11 is 0. The summed E-state index contributed by atoms with van der Waals surface area (Å²) in [6.07, 6.45) is 1.81. The normalized spacial score (nSPS) is 11.2. The van der Waals surface area contributed by atoms with Crippen molar-refractivity contribution in [2.75, 3.05) is 5.43 Å². The van der Waals surface area contributed by atoms with Crippen molar-refractivity contribution in [2.24, 2.45) is 5.10 Å². The van der Waals surface area contributed by atoms with Crippen molar-refractivity contribution in [3.05, 3.63) is 70.3 Å². The summed E-state index contributed by atoms with van der Waals surface area (Å²) in [5, 5.41) is 14.8. The van der Waals surface area contributed by atoms with Crippen LogP contribution in [0.3, 0.4) is 0 Å². The lowest BCUT2D eigenvalue weighted by Gasteiger charge is -2.04. The highest BCUT2D eigenvalue weighted by Crippen LogP contribution is 2.15. The van der Waals surface area contributed by atoms with Gasteiger partial charge in [-0.1, -0.05) is 30.3 Å². The van der Waals surface area contributed by atoms with E-state index in [1.165, 1.54) is 17.7 Å². The van der Waals surface area contributed by atoms with E-state index in [9.17, 15) is 10.1 Å². The van der Waals surface area contributed by atoms with Crippen LogP contribution < -0.4 is 5.43 Å². The summed E-state index contributed by atoms with van der Waals surface area (Å²) in [4.78, 5) is 10.1. The first-order valence-corrected chi connectivity index (χ1v) is 6.73. The maximum absolute atomic E-state index is 10.6. The Morgan fingerprint density at radius 1 is 1.14 bits per heavy atom. The van der Waals surface area contributed by atoms with Gasteiger partial charge in [0, 0.05) is 17.8 Å². The summed E-state index contributed by atoms with van der Waals surface area (Å²) < 4.78 is 0. The lowest BCUT2D eigenvalue weighted by molar-refractivity contribution is -0.384. The molecule has 0 amide bonds. The van der Waals surface area contributed by atoms with Gasteiger partial charge in [0.15, 0.2) is 0 Å². The van der Waals surface area contributed by atoms with Gasteiger partial charge in [-0.15, -0.1) is 0 Å². The molecule has 2 rings (SSSR count). The number of hydrazone groups is 1. The number of nitro groups is 1. The first-order chi connectivity index (χ1) is 10.1. The molecule has 21 heavy (non-hydrogen) atoms. The smallest absolute Gasteiger partial charge is 0.269 e. The minimum absolute atomic E-state index is 0.0744. The molecule has 1 N–H and O–H groups in total. The van der Waals surface area contributed by atoms with Crippen molar-refractivity contribution in [3.63, 3.8) is 0 Å². The molecule has 0 saturated heterocycles. The number of anilines is 1. The molecule has 5 heteroatoms. The highest BCUT2D eigenvalue weighted by atomic mass is 16.6. The lowest BCUT2D eigenvalue weighted by Crippen LogP contribution is -2.00. The van der Waals surface area contributed by atoms with E-state index >= 15 is 0 Å². The molecule has 108 valence electrons. The second-order valence-corrected chi connectivity index (χ2v) is 4.75. The van der Waals surface area contributed by atoms with Crippen LogP contribution in [0.4, 0.5) is 11.4 Å². The van der Waals surface area contributed by atoms with Crippen LogP contribution in [0.1, 0.15) is 18.9 Å². The minimum Gasteiger partial charge on any atom is -0.279 e. The van der Waals surface area contributed by atoms with Gasteiger partial charge in [-0.3, -0.25) is 15.5 Å². The van der Waals surface area contributed by atoms with Crippen LogP contribution in [0.5, 0.6) is 0 Å². The van der Waals surface area contributed by atoms with E-state index in [-0.39, 0.29) is 5.69 Å². The summed E-state index contributed by atoms with van der Waals surface area (Å²) in [7, 11) is 0. The molecule has 0 saturated carbocycles. The van der Waals surface area contributed by atoms with Crippen LogP contribution in [-0.4, -0.2) is 10.6 Å². The van der Waals surface area contributed by atoms with Gasteiger partial charge in [-0.05, 0) is 37.5 Å². The summed E-state index contributed by atoms with van der Waals surface area (Å²) in [5.74, 6) is 0. The fraction of sp³-hybridized carbons (Fsp3) is 0.188. The molecule has 0 bridgehead atoms. The van der Waals surface area contributed by atoms with Crippen LogP contribution >= 0.6 is 0 Å². The zero-order valence-electron chi connectivity index (χ0n) is 11.8. The minimum atomic E-state index is -0.418. The molecule has 2 aromatic rings. The van der Waals surface area contributed by atoms with Gasteiger partial charge < -0.3 is 0 Å². The topological polar surface area (TPSA) is 67.5 Å². The molecular weight excluding hydrogens is 266 g/mol. The molecule has 0 unspecified atom stereocenters. The van der Waals surface area contributed by atoms with Gasteiger partial charge in [-0.25, -0.2) is 0 Å². The molecule has 0 fully saturated rings. The molecule has 0 aromatic heterocycles. The molecule has 2 aromatic carbocycles. The fourth-order valence-electron chi connectivity index (χ4n) is 1.84. The summed E-state index contributed by atoms with van der Waals surface area (Å²) in [6.45, 7) is 1.96. The van der Waals surface area contributed by atoms with Crippen molar-refractivity contribution in [2.45, 2.75) is 19.8 Å². The Morgan fingerprint density at radius 2 is 1.81 bits per heavy atom. The van der Waals surface area contributed by atoms with Crippen molar-refractivity contribution < 1.29 is 4.92 Å². The maximum Gasteiger partial charge on any atom is 0.269 e. The molecule has 0 aliphatic heterocycles. The molecule has 0 atom stereocenters. The van der Waals surface area contributed by atoms with Crippen LogP contribution in [0.25, 0.3) is 0 Å². The van der Waals surface area contributed by atoms with Gasteiger partial charge in [0.05, 0.1) is 10.6 Å². The zero-order valence-corrected chi connectivity index (χ0v) is 11.8. The number of hydrogen-bond acceptors (Lipinski definition) is 4. The third-order valence-electron chi connectivity index (χ3n) is 3.07. The molecule has 0 radical (unpaired) electrons. The van der Waals surface area contributed by atoms with Crippen LogP contribution in [-0.2, 0) is 6.42 Å². The van der Waals surface area contributed by atoms with Gasteiger partial charge >= 0.3 is 0 Å². The van der Waals surface area contributed by atoms with Crippen LogP contribution in [0.15, 0.2) is 59.7 Å². The van der Waals surface area contributed by atoms with Crippen LogP contribution in [0, 0.1) is 10.1 Å². The van der Waals surface area contributed by atoms with Gasteiger partial charge in [0.2, 0.25) is 0 Å². The van der Waals surface area contributed by atoms with Crippen molar-refractivity contribution >= 4 is 17.1 Å². The molecule has 0 aliphatic rings. The lowest BCUT2D eigenvalue weighted by atomic mass is 10.1. The Labute approximate surface area is 123 Å². The van der Waals surface area contributed by atoms with Crippen molar-refractivity contribution in [1.29, 1.82) is 0 Å². The number of benzene rings is 2. The zero-order chi connectivity index (χ0) is 15.1. The number of nitrogens with one attached hydrogen (secondary N) is 1. The molecule has 5 nitrogen and oxygen atoms in total. The average Bonchev–Trinajstić information content (AvgIpc) is 2.52. The van der Waals surface area contributed by atoms with Crippen molar-refractivity contribution in [3.8, 4) is 0 Å². The Kier molecular flexibility index (Phi) is 5.04. The number of rotatable bonds is 6. The Balaban J connectivity index is 1.86. The molecular formula is C16H17N3O2. The highest BCUT2D eigenvalue weighted by molar-refractivity contribution is 5.82. The molecule has 0 aliphatic carbocycles. The third-order valence-corrected chi connectivity index (χ3v) is 3.07. The van der Waals surface area contributed by atoms with Gasteiger partial charge in [0.25, 0.3) is 5.69 Å². The van der Waals surface area contributed by atoms with E-state index in [4.69, 9.17) is 0 Å². The highest BCUT2D eigenvalue weighted by Gasteiger charge is 2.03. The Hall–Kier alpha value is -2.69. The van der Waals surface area contributed by atoms with E-state index in [2.05, 4.69) is 22.7 Å². The van der Waals surface area contributed by atoms with E-state index < -0.39 is 4.92 Å². The third kappa shape index (κ3) is 4.72. The Morgan fingerprint density at radius 3 is 2.43 bits per heavy atom. The van der Waals surface area contributed by atoms with E-state index in [0.717, 1.165) is 24.2 Å². The average molecular weight is 283 g/mol. The van der Waals surface area contributed by atoms with Crippen LogP contribution in [0.2, 0.25) is 0 Å². The monoisotopic (exact) mass is 283 g/mol. The Bertz CT molecular complexity index is 622. The number of aryl methyl sites for hydroxylation is 1. The molecule has 0 heterocycles. The van der Waals surface area contributed by atoms with Gasteiger partial charge in [-0.2, -0.15) is 5.10 Å². The van der Waals surface area contributed by atoms with Crippen molar-refractivity contribution in [1.82, 2.24) is 0 Å². The number of non-ortho nitro benzene ring substituents is 1. The first kappa shape index (κ1) is 14.7. The standard InChI is InChI=1S/C16H17N3O2/c1-13(7-8-14-5-3-2-4-6-14)17-18-15-9-11-16(12-10-15)19(20)21/h2-6,9-12,18H,7-8H2,1H3/b17-13+. The SMILES string of the molecule is C/C(CCc1ccccc1)=N\Nc1ccc([N+](=O)[O-])cc1. The predicted octanol–water partition coefficient (Wildman–Crippen LogP) is 4.02. The summed E-state index contributed by atoms with van der Waals surface area (Å²) in [5.41, 5.74) is 5.99. The van der Waals surface area contributed by atoms with E-state index in [1.54, 1.807) is 12.1 Å². The number of nitro benzene ring substituents is 1. The second-order valence-electron chi connectivity index (χ2n) is 4.75. The second kappa shape index (κ2) is 7.19. The van der Waals surface area contributed by atoms with E-state index in [1.807, 2.05) is 25.1 Å². The quantitative estimate of drug-likeness (QED) is 0.494.